The normalized spacial score (nSPS) is 11.8. The summed E-state index contributed by atoms with van der Waals surface area (Å²) in [6.07, 6.45) is 0.984. The van der Waals surface area contributed by atoms with E-state index >= 15 is 0 Å². The average molecular weight is 273 g/mol. The molecule has 0 saturated heterocycles. The number of methoxy groups -OCH3 is 2. The van der Waals surface area contributed by atoms with Crippen LogP contribution in [-0.2, 0) is 26.9 Å². The predicted octanol–water partition coefficient (Wildman–Crippen LogP) is 2.45. The molecule has 3 rings (SSSR count). The summed E-state index contributed by atoms with van der Waals surface area (Å²) in [4.78, 5) is 0. The molecule has 0 bridgehead atoms. The van der Waals surface area contributed by atoms with Crippen LogP contribution in [0.3, 0.4) is 0 Å². The van der Waals surface area contributed by atoms with Gasteiger partial charge in [-0.25, -0.2) is 0 Å². The van der Waals surface area contributed by atoms with Gasteiger partial charge in [-0.3, -0.25) is 0 Å². The standard InChI is InChI=1S/C15H13O2.Ti/c1-16-14-8-11-7-10-5-3-4-6-12(10)13(11)9-15(14)17-2;/h3-6,9H,7H2,1-2H3;. The fourth-order valence-corrected chi connectivity index (χ4v) is 3.28. The third-order valence-corrected chi connectivity index (χ3v) is 4.28. The second kappa shape index (κ2) is 4.45. The van der Waals surface area contributed by atoms with Gasteiger partial charge in [-0.15, -0.1) is 0 Å². The Morgan fingerprint density at radius 1 is 1.06 bits per heavy atom. The zero-order valence-electron chi connectivity index (χ0n) is 10.4. The molecule has 3 heteroatoms. The molecule has 0 amide bonds. The molecule has 1 aliphatic rings. The van der Waals surface area contributed by atoms with Crippen LogP contribution in [-0.4, -0.2) is 14.2 Å². The average Bonchev–Trinajstić information content (AvgIpc) is 2.77. The van der Waals surface area contributed by atoms with Crippen molar-refractivity contribution in [2.24, 2.45) is 0 Å². The van der Waals surface area contributed by atoms with Crippen LogP contribution >= 0.6 is 0 Å². The molecule has 2 aromatic rings. The van der Waals surface area contributed by atoms with Crippen molar-refractivity contribution in [2.45, 2.75) is 6.42 Å². The van der Waals surface area contributed by atoms with Crippen molar-refractivity contribution < 1.29 is 29.9 Å². The summed E-state index contributed by atoms with van der Waals surface area (Å²) in [6.45, 7) is 0. The van der Waals surface area contributed by atoms with Gasteiger partial charge in [0.2, 0.25) is 0 Å². The molecule has 0 spiro atoms. The third-order valence-electron chi connectivity index (χ3n) is 3.45. The van der Waals surface area contributed by atoms with Crippen molar-refractivity contribution in [1.29, 1.82) is 0 Å². The zero-order valence-corrected chi connectivity index (χ0v) is 12.0. The van der Waals surface area contributed by atoms with Gasteiger partial charge in [-0.2, -0.15) is 0 Å². The summed E-state index contributed by atoms with van der Waals surface area (Å²) < 4.78 is 12.1. The molecule has 0 N–H and O–H groups in total. The van der Waals surface area contributed by atoms with E-state index in [9.17, 15) is 0 Å². The molecule has 0 heterocycles. The molecule has 18 heavy (non-hydrogen) atoms. The second-order valence-electron chi connectivity index (χ2n) is 4.35. The monoisotopic (exact) mass is 273 g/mol. The van der Waals surface area contributed by atoms with Crippen molar-refractivity contribution in [3.8, 4) is 22.6 Å². The molecule has 2 nitrogen and oxygen atoms in total. The number of rotatable bonds is 2. The molecule has 0 aliphatic heterocycles. The first kappa shape index (κ1) is 11.8. The molecular formula is C15H13O2Ti. The van der Waals surface area contributed by atoms with Gasteiger partial charge in [0.15, 0.2) is 0 Å². The van der Waals surface area contributed by atoms with E-state index in [1.807, 2.05) is 0 Å². The van der Waals surface area contributed by atoms with Gasteiger partial charge in [0.25, 0.3) is 0 Å². The molecule has 89 valence electrons. The molecule has 0 atom stereocenters. The molecule has 2 aromatic carbocycles. The Morgan fingerprint density at radius 3 is 2.56 bits per heavy atom. The zero-order chi connectivity index (χ0) is 12.7. The Hall–Kier alpha value is -1.25. The van der Waals surface area contributed by atoms with Crippen LogP contribution in [0.5, 0.6) is 11.5 Å². The number of benzene rings is 2. The van der Waals surface area contributed by atoms with Crippen LogP contribution in [0.25, 0.3) is 11.1 Å². The Morgan fingerprint density at radius 2 is 1.83 bits per heavy atom. The van der Waals surface area contributed by atoms with Crippen LogP contribution in [0.4, 0.5) is 0 Å². The van der Waals surface area contributed by atoms with Crippen LogP contribution in [0.2, 0.25) is 0 Å². The van der Waals surface area contributed by atoms with E-state index in [-0.39, 0.29) is 0 Å². The van der Waals surface area contributed by atoms with E-state index < -0.39 is 0 Å². The van der Waals surface area contributed by atoms with Crippen molar-refractivity contribution >= 4 is 3.87 Å². The van der Waals surface area contributed by atoms with Gasteiger partial charge in [0, 0.05) is 0 Å². The van der Waals surface area contributed by atoms with E-state index in [0.29, 0.717) is 0 Å². The number of hydrogen-bond acceptors (Lipinski definition) is 2. The van der Waals surface area contributed by atoms with Gasteiger partial charge >= 0.3 is 119 Å². The van der Waals surface area contributed by atoms with Crippen molar-refractivity contribution in [3.05, 3.63) is 41.5 Å². The van der Waals surface area contributed by atoms with Crippen molar-refractivity contribution in [3.63, 3.8) is 0 Å². The number of fused-ring (bicyclic) bond motifs is 3. The fraction of sp³-hybridized carbons (Fsp3) is 0.200. The SMILES string of the molecule is COc1cc2c([c]([Ti])c1OC)Cc1ccccc1-2. The summed E-state index contributed by atoms with van der Waals surface area (Å²) in [6, 6.07) is 10.6. The number of ether oxygens (including phenoxy) is 2. The third kappa shape index (κ3) is 1.60. The molecular weight excluding hydrogens is 260 g/mol. The van der Waals surface area contributed by atoms with E-state index in [2.05, 4.69) is 50.8 Å². The van der Waals surface area contributed by atoms with E-state index in [1.54, 1.807) is 14.2 Å². The Kier molecular flexibility index (Phi) is 2.92. The maximum absolute atomic E-state index is 5.47. The second-order valence-corrected chi connectivity index (χ2v) is 5.13. The predicted molar refractivity (Wildman–Crippen MR) is 67.4 cm³/mol. The molecule has 0 radical (unpaired) electrons. The van der Waals surface area contributed by atoms with Crippen LogP contribution in [0.15, 0.2) is 30.3 Å². The Balaban J connectivity index is 2.28. The summed E-state index contributed by atoms with van der Waals surface area (Å²) >= 11 is 2.10. The summed E-state index contributed by atoms with van der Waals surface area (Å²) in [7, 11) is 3.38. The van der Waals surface area contributed by atoms with Gasteiger partial charge in [0.05, 0.1) is 0 Å². The summed E-state index contributed by atoms with van der Waals surface area (Å²) in [5.41, 5.74) is 5.33. The van der Waals surface area contributed by atoms with Crippen molar-refractivity contribution in [1.82, 2.24) is 0 Å². The topological polar surface area (TPSA) is 18.5 Å². The van der Waals surface area contributed by atoms with Gasteiger partial charge < -0.3 is 0 Å². The van der Waals surface area contributed by atoms with Crippen molar-refractivity contribution in [2.75, 3.05) is 14.2 Å². The molecule has 0 unspecified atom stereocenters. The molecule has 0 aromatic heterocycles. The van der Waals surface area contributed by atoms with E-state index in [4.69, 9.17) is 9.47 Å². The summed E-state index contributed by atoms with van der Waals surface area (Å²) in [5.74, 6) is 1.66. The first-order valence-corrected chi connectivity index (χ1v) is 6.62. The molecule has 0 fully saturated rings. The molecule has 1 aliphatic carbocycles. The van der Waals surface area contributed by atoms with E-state index in [0.717, 1.165) is 17.9 Å². The van der Waals surface area contributed by atoms with Gasteiger partial charge in [0.1, 0.15) is 0 Å². The minimum absolute atomic E-state index is 0.811. The van der Waals surface area contributed by atoms with Crippen LogP contribution in [0.1, 0.15) is 11.1 Å². The Labute approximate surface area is 118 Å². The number of hydrogen-bond donors (Lipinski definition) is 0. The van der Waals surface area contributed by atoms with Crippen LogP contribution in [0, 0.1) is 0 Å². The first-order chi connectivity index (χ1) is 8.76. The van der Waals surface area contributed by atoms with Gasteiger partial charge in [-0.05, 0) is 0 Å². The Bertz CT molecular complexity index is 620. The minimum atomic E-state index is 0.811. The fourth-order valence-electron chi connectivity index (χ4n) is 2.58. The molecule has 0 saturated carbocycles. The summed E-state index contributed by atoms with van der Waals surface area (Å²) in [5, 5.41) is 0. The maximum atomic E-state index is 5.47. The first-order valence-electron chi connectivity index (χ1n) is 5.84. The van der Waals surface area contributed by atoms with Gasteiger partial charge in [-0.1, -0.05) is 0 Å². The van der Waals surface area contributed by atoms with Crippen LogP contribution < -0.4 is 13.3 Å². The quantitative estimate of drug-likeness (QED) is 0.668. The van der Waals surface area contributed by atoms with E-state index in [1.165, 1.54) is 26.1 Å².